The van der Waals surface area contributed by atoms with Crippen LogP contribution in [-0.4, -0.2) is 26.9 Å². The quantitative estimate of drug-likeness (QED) is 0.675. The minimum Gasteiger partial charge on any atom is -0.384 e. The Morgan fingerprint density at radius 2 is 1.87 bits per heavy atom. The number of hydrogen-bond donors (Lipinski definition) is 0. The third-order valence-corrected chi connectivity index (χ3v) is 2.77. The van der Waals surface area contributed by atoms with Crippen LogP contribution in [0.15, 0.2) is 0 Å². The molecule has 0 aromatic carbocycles. The summed E-state index contributed by atoms with van der Waals surface area (Å²) in [5, 5.41) is 0. The topological polar surface area (TPSA) is 18.5 Å². The Labute approximate surface area is 95.3 Å². The van der Waals surface area contributed by atoms with Crippen LogP contribution in [0.3, 0.4) is 0 Å². The minimum atomic E-state index is 0.796. The van der Waals surface area contributed by atoms with Gasteiger partial charge in [0.25, 0.3) is 0 Å². The van der Waals surface area contributed by atoms with E-state index >= 15 is 0 Å². The second kappa shape index (κ2) is 12.0. The summed E-state index contributed by atoms with van der Waals surface area (Å²) in [5.74, 6) is 0.796. The molecule has 0 aromatic heterocycles. The largest absolute Gasteiger partial charge is 0.384 e. The van der Waals surface area contributed by atoms with Crippen molar-refractivity contribution in [3.05, 3.63) is 0 Å². The summed E-state index contributed by atoms with van der Waals surface area (Å²) in [7, 11) is 1.79. The summed E-state index contributed by atoms with van der Waals surface area (Å²) in [6.07, 6.45) is 7.80. The lowest BCUT2D eigenvalue weighted by Crippen LogP contribution is -2.06. The number of unbranched alkanes of at least 4 members (excludes halogenated alkanes) is 1. The van der Waals surface area contributed by atoms with Crippen molar-refractivity contribution in [2.24, 2.45) is 5.92 Å². The second-order valence-electron chi connectivity index (χ2n) is 4.19. The highest BCUT2D eigenvalue weighted by Crippen LogP contribution is 2.11. The fraction of sp³-hybridized carbons (Fsp3) is 1.00. The van der Waals surface area contributed by atoms with Gasteiger partial charge in [-0.05, 0) is 25.2 Å². The van der Waals surface area contributed by atoms with Crippen molar-refractivity contribution in [1.82, 2.24) is 0 Å². The molecule has 0 spiro atoms. The molecule has 0 aromatic rings. The molecule has 0 N–H and O–H groups in total. The molecular weight excluding hydrogens is 188 g/mol. The number of rotatable bonds is 6. The van der Waals surface area contributed by atoms with Crippen LogP contribution in [0, 0.1) is 5.92 Å². The molecular formula is C13H28O2. The van der Waals surface area contributed by atoms with Gasteiger partial charge in [-0.2, -0.15) is 0 Å². The average Bonchev–Trinajstić information content (AvgIpc) is 2.82. The summed E-state index contributed by atoms with van der Waals surface area (Å²) < 4.78 is 10.0. The van der Waals surface area contributed by atoms with E-state index in [1.807, 2.05) is 0 Å². The van der Waals surface area contributed by atoms with Crippen LogP contribution in [0.5, 0.6) is 0 Å². The van der Waals surface area contributed by atoms with Crippen LogP contribution in [0.1, 0.15) is 52.4 Å². The van der Waals surface area contributed by atoms with Gasteiger partial charge in [0.1, 0.15) is 0 Å². The highest BCUT2D eigenvalue weighted by Gasteiger charge is 2.03. The predicted octanol–water partition coefficient (Wildman–Crippen LogP) is 3.65. The third-order valence-electron chi connectivity index (χ3n) is 2.77. The molecule has 0 aliphatic carbocycles. The fourth-order valence-corrected chi connectivity index (χ4v) is 1.64. The van der Waals surface area contributed by atoms with Gasteiger partial charge in [-0.1, -0.05) is 33.1 Å². The molecule has 1 saturated heterocycles. The summed E-state index contributed by atoms with van der Waals surface area (Å²) in [4.78, 5) is 0. The van der Waals surface area contributed by atoms with E-state index in [1.165, 1.54) is 38.5 Å². The Hall–Kier alpha value is -0.0800. The molecule has 15 heavy (non-hydrogen) atoms. The van der Waals surface area contributed by atoms with Crippen molar-refractivity contribution in [2.75, 3.05) is 26.9 Å². The Morgan fingerprint density at radius 3 is 2.20 bits per heavy atom. The first kappa shape index (κ1) is 14.9. The molecule has 1 aliphatic rings. The highest BCUT2D eigenvalue weighted by molar-refractivity contribution is 4.54. The SMILES string of the molecule is C1CCOC1.CCCCC(CC)COC. The average molecular weight is 216 g/mol. The number of methoxy groups -OCH3 is 1. The summed E-state index contributed by atoms with van der Waals surface area (Å²) in [6.45, 7) is 7.41. The molecule has 0 radical (unpaired) electrons. The van der Waals surface area contributed by atoms with Crippen molar-refractivity contribution >= 4 is 0 Å². The van der Waals surface area contributed by atoms with E-state index in [1.54, 1.807) is 7.11 Å². The van der Waals surface area contributed by atoms with E-state index < -0.39 is 0 Å². The van der Waals surface area contributed by atoms with E-state index in [9.17, 15) is 0 Å². The smallest absolute Gasteiger partial charge is 0.0490 e. The van der Waals surface area contributed by atoms with E-state index in [0.717, 1.165) is 25.7 Å². The lowest BCUT2D eigenvalue weighted by Gasteiger charge is -2.11. The molecule has 0 saturated carbocycles. The Balaban J connectivity index is 0.000000322. The zero-order valence-electron chi connectivity index (χ0n) is 10.8. The number of hydrogen-bond acceptors (Lipinski definition) is 2. The maximum absolute atomic E-state index is 5.09. The minimum absolute atomic E-state index is 0.796. The molecule has 2 heteroatoms. The third kappa shape index (κ3) is 10.2. The van der Waals surface area contributed by atoms with Crippen molar-refractivity contribution in [2.45, 2.75) is 52.4 Å². The van der Waals surface area contributed by atoms with Crippen LogP contribution in [-0.2, 0) is 9.47 Å². The van der Waals surface area contributed by atoms with Crippen LogP contribution in [0.2, 0.25) is 0 Å². The molecule has 1 rings (SSSR count). The molecule has 1 unspecified atom stereocenters. The van der Waals surface area contributed by atoms with Crippen molar-refractivity contribution in [3.63, 3.8) is 0 Å². The first-order valence-corrected chi connectivity index (χ1v) is 6.41. The highest BCUT2D eigenvalue weighted by atomic mass is 16.5. The zero-order valence-corrected chi connectivity index (χ0v) is 10.8. The molecule has 1 heterocycles. The van der Waals surface area contributed by atoms with Crippen molar-refractivity contribution < 1.29 is 9.47 Å². The summed E-state index contributed by atoms with van der Waals surface area (Å²) in [6, 6.07) is 0. The van der Waals surface area contributed by atoms with Gasteiger partial charge in [0, 0.05) is 26.9 Å². The molecule has 1 fully saturated rings. The molecule has 0 amide bonds. The van der Waals surface area contributed by atoms with E-state index in [4.69, 9.17) is 9.47 Å². The fourth-order valence-electron chi connectivity index (χ4n) is 1.64. The van der Waals surface area contributed by atoms with Crippen LogP contribution < -0.4 is 0 Å². The number of ether oxygens (including phenoxy) is 2. The van der Waals surface area contributed by atoms with E-state index in [-0.39, 0.29) is 0 Å². The normalized spacial score (nSPS) is 17.0. The van der Waals surface area contributed by atoms with Gasteiger partial charge in [0.05, 0.1) is 0 Å². The lowest BCUT2D eigenvalue weighted by atomic mass is 10.0. The van der Waals surface area contributed by atoms with Gasteiger partial charge >= 0.3 is 0 Å². The van der Waals surface area contributed by atoms with Gasteiger partial charge < -0.3 is 9.47 Å². The Morgan fingerprint density at radius 1 is 1.20 bits per heavy atom. The van der Waals surface area contributed by atoms with Crippen LogP contribution in [0.4, 0.5) is 0 Å². The van der Waals surface area contributed by atoms with Crippen LogP contribution >= 0.6 is 0 Å². The van der Waals surface area contributed by atoms with Crippen molar-refractivity contribution in [1.29, 1.82) is 0 Å². The molecule has 0 bridgehead atoms. The van der Waals surface area contributed by atoms with E-state index in [2.05, 4.69) is 13.8 Å². The van der Waals surface area contributed by atoms with Gasteiger partial charge in [-0.3, -0.25) is 0 Å². The molecule has 92 valence electrons. The molecule has 2 nitrogen and oxygen atoms in total. The maximum Gasteiger partial charge on any atom is 0.0490 e. The predicted molar refractivity (Wildman–Crippen MR) is 65.2 cm³/mol. The van der Waals surface area contributed by atoms with Gasteiger partial charge in [0.2, 0.25) is 0 Å². The lowest BCUT2D eigenvalue weighted by molar-refractivity contribution is 0.144. The van der Waals surface area contributed by atoms with Gasteiger partial charge in [-0.15, -0.1) is 0 Å². The monoisotopic (exact) mass is 216 g/mol. The molecule has 1 aliphatic heterocycles. The van der Waals surface area contributed by atoms with Crippen LogP contribution in [0.25, 0.3) is 0 Å². The first-order valence-electron chi connectivity index (χ1n) is 6.41. The first-order chi connectivity index (χ1) is 7.35. The van der Waals surface area contributed by atoms with Gasteiger partial charge in [0.15, 0.2) is 0 Å². The standard InChI is InChI=1S/C9H20O.C4H8O/c1-4-6-7-9(5-2)8-10-3;1-2-4-5-3-1/h9H,4-8H2,1-3H3;1-4H2. The van der Waals surface area contributed by atoms with Gasteiger partial charge in [-0.25, -0.2) is 0 Å². The maximum atomic E-state index is 5.09. The summed E-state index contributed by atoms with van der Waals surface area (Å²) in [5.41, 5.74) is 0. The van der Waals surface area contributed by atoms with Crippen molar-refractivity contribution in [3.8, 4) is 0 Å². The molecule has 1 atom stereocenters. The zero-order chi connectivity index (χ0) is 11.4. The second-order valence-corrected chi connectivity index (χ2v) is 4.19. The summed E-state index contributed by atoms with van der Waals surface area (Å²) >= 11 is 0. The van der Waals surface area contributed by atoms with E-state index in [0.29, 0.717) is 0 Å². The Bertz CT molecular complexity index is 103. The Kier molecular flexibility index (Phi) is 11.9.